The van der Waals surface area contributed by atoms with Gasteiger partial charge in [-0.25, -0.2) is 4.98 Å². The molecule has 0 fully saturated rings. The summed E-state index contributed by atoms with van der Waals surface area (Å²) in [7, 11) is 0. The van der Waals surface area contributed by atoms with E-state index in [-0.39, 0.29) is 11.8 Å². The van der Waals surface area contributed by atoms with Gasteiger partial charge in [-0.1, -0.05) is 24.3 Å². The van der Waals surface area contributed by atoms with Crippen molar-refractivity contribution >= 4 is 22.9 Å². The molecule has 5 heteroatoms. The van der Waals surface area contributed by atoms with Gasteiger partial charge in [-0.3, -0.25) is 4.79 Å². The lowest BCUT2D eigenvalue weighted by atomic mass is 10.00. The van der Waals surface area contributed by atoms with Gasteiger partial charge in [0.05, 0.1) is 11.6 Å². The van der Waals surface area contributed by atoms with Crippen LogP contribution in [0.1, 0.15) is 23.4 Å². The van der Waals surface area contributed by atoms with Crippen LogP contribution in [0.2, 0.25) is 0 Å². The van der Waals surface area contributed by atoms with E-state index in [4.69, 9.17) is 4.74 Å². The molecule has 24 heavy (non-hydrogen) atoms. The largest absolute Gasteiger partial charge is 0.486 e. The average molecular weight is 336 g/mol. The molecule has 1 amide bonds. The highest BCUT2D eigenvalue weighted by atomic mass is 32.1. The summed E-state index contributed by atoms with van der Waals surface area (Å²) in [4.78, 5) is 16.4. The molecule has 1 atom stereocenters. The number of anilines is 1. The normalized spacial score (nSPS) is 15.9. The lowest BCUT2D eigenvalue weighted by Crippen LogP contribution is -2.08. The number of amides is 1. The number of carbonyl (C=O) groups is 1. The maximum Gasteiger partial charge on any atom is 0.231 e. The van der Waals surface area contributed by atoms with E-state index in [1.165, 1.54) is 0 Å². The summed E-state index contributed by atoms with van der Waals surface area (Å²) >= 11 is 1.58. The molecule has 0 unspecified atom stereocenters. The predicted octanol–water partition coefficient (Wildman–Crippen LogP) is 4.44. The highest BCUT2D eigenvalue weighted by molar-refractivity contribution is 7.09. The number of ether oxygens (including phenoxy) is 1. The predicted molar refractivity (Wildman–Crippen MR) is 95.4 cm³/mol. The number of thiazole rings is 1. The molecule has 0 spiro atoms. The van der Waals surface area contributed by atoms with Gasteiger partial charge < -0.3 is 10.1 Å². The van der Waals surface area contributed by atoms with Gasteiger partial charge in [0.2, 0.25) is 5.91 Å². The van der Waals surface area contributed by atoms with Crippen molar-refractivity contribution in [1.29, 1.82) is 0 Å². The second kappa shape index (κ2) is 6.09. The van der Waals surface area contributed by atoms with Crippen molar-refractivity contribution in [2.75, 3.05) is 5.32 Å². The monoisotopic (exact) mass is 336 g/mol. The molecule has 0 radical (unpaired) electrons. The third kappa shape index (κ3) is 2.78. The van der Waals surface area contributed by atoms with E-state index in [2.05, 4.69) is 16.4 Å². The molecule has 1 aliphatic rings. The summed E-state index contributed by atoms with van der Waals surface area (Å²) in [5.74, 6) is 0.780. The Morgan fingerprint density at radius 3 is 2.88 bits per heavy atom. The smallest absolute Gasteiger partial charge is 0.231 e. The molecule has 1 aromatic heterocycles. The van der Waals surface area contributed by atoms with E-state index in [1.807, 2.05) is 54.8 Å². The number of para-hydroxylation sites is 1. The van der Waals surface area contributed by atoms with Gasteiger partial charge in [-0.05, 0) is 36.8 Å². The Hall–Kier alpha value is -2.66. The molecule has 0 bridgehead atoms. The van der Waals surface area contributed by atoms with Crippen molar-refractivity contribution in [3.05, 3.63) is 64.5 Å². The van der Waals surface area contributed by atoms with E-state index < -0.39 is 0 Å². The number of hydrogen-bond acceptors (Lipinski definition) is 4. The fourth-order valence-corrected chi connectivity index (χ4v) is 3.46. The third-order valence-corrected chi connectivity index (χ3v) is 4.94. The third-order valence-electron chi connectivity index (χ3n) is 4.12. The number of fused-ring (bicyclic) bond motifs is 1. The molecule has 1 N–H and O–H groups in total. The van der Waals surface area contributed by atoms with Crippen LogP contribution in [0, 0.1) is 0 Å². The number of aromatic nitrogens is 1. The molecule has 2 aromatic carbocycles. The van der Waals surface area contributed by atoms with E-state index in [1.54, 1.807) is 11.3 Å². The summed E-state index contributed by atoms with van der Waals surface area (Å²) in [5.41, 5.74) is 3.88. The highest BCUT2D eigenvalue weighted by Crippen LogP contribution is 2.35. The fourth-order valence-electron chi connectivity index (χ4n) is 2.75. The zero-order valence-electron chi connectivity index (χ0n) is 13.2. The Bertz CT molecular complexity index is 889. The first kappa shape index (κ1) is 14.9. The van der Waals surface area contributed by atoms with Crippen molar-refractivity contribution in [3.8, 4) is 17.0 Å². The Morgan fingerprint density at radius 1 is 1.21 bits per heavy atom. The van der Waals surface area contributed by atoms with Gasteiger partial charge >= 0.3 is 0 Å². The van der Waals surface area contributed by atoms with Crippen LogP contribution in [0.3, 0.4) is 0 Å². The van der Waals surface area contributed by atoms with Crippen LogP contribution in [0.15, 0.2) is 53.9 Å². The molecule has 0 saturated heterocycles. The van der Waals surface area contributed by atoms with Crippen molar-refractivity contribution in [2.45, 2.75) is 19.4 Å². The van der Waals surface area contributed by atoms with Gasteiger partial charge in [0.1, 0.15) is 17.4 Å². The van der Waals surface area contributed by atoms with Crippen LogP contribution < -0.4 is 10.1 Å². The van der Waals surface area contributed by atoms with Crippen LogP contribution in [0.4, 0.5) is 5.69 Å². The number of carbonyl (C=O) groups excluding carboxylic acids is 1. The van der Waals surface area contributed by atoms with Gasteiger partial charge in [-0.2, -0.15) is 0 Å². The molecular weight excluding hydrogens is 320 g/mol. The topological polar surface area (TPSA) is 51.2 Å². The van der Waals surface area contributed by atoms with Gasteiger partial charge in [0, 0.05) is 16.6 Å². The second-order valence-electron chi connectivity index (χ2n) is 5.74. The first-order chi connectivity index (χ1) is 11.7. The zero-order chi connectivity index (χ0) is 16.5. The number of nitrogens with zero attached hydrogens (tertiary/aromatic N) is 1. The number of benzene rings is 2. The molecule has 0 saturated carbocycles. The maximum atomic E-state index is 11.8. The molecule has 0 aliphatic carbocycles. The van der Waals surface area contributed by atoms with Crippen LogP contribution in [0.5, 0.6) is 5.75 Å². The Kier molecular flexibility index (Phi) is 3.78. The van der Waals surface area contributed by atoms with E-state index in [9.17, 15) is 4.79 Å². The number of nitrogens with one attached hydrogen (secondary N) is 1. The average Bonchev–Trinajstić information content (AvgIpc) is 3.19. The van der Waals surface area contributed by atoms with Crippen LogP contribution in [0.25, 0.3) is 11.3 Å². The molecule has 3 aromatic rings. The van der Waals surface area contributed by atoms with E-state index in [0.29, 0.717) is 6.61 Å². The summed E-state index contributed by atoms with van der Waals surface area (Å²) in [6.07, 6.45) is 0. The lowest BCUT2D eigenvalue weighted by Gasteiger charge is -2.04. The lowest BCUT2D eigenvalue weighted by molar-refractivity contribution is -0.116. The van der Waals surface area contributed by atoms with Gasteiger partial charge in [0.25, 0.3) is 0 Å². The SMILES string of the molecule is C[C@@H]1C(=O)Nc2ccc(-c3csc(COc4ccccc4)n3)cc21. The first-order valence-electron chi connectivity index (χ1n) is 7.78. The van der Waals surface area contributed by atoms with Crippen LogP contribution in [-0.2, 0) is 11.4 Å². The fraction of sp³-hybridized carbons (Fsp3) is 0.158. The van der Waals surface area contributed by atoms with Crippen molar-refractivity contribution < 1.29 is 9.53 Å². The van der Waals surface area contributed by atoms with Crippen LogP contribution in [-0.4, -0.2) is 10.9 Å². The Labute approximate surface area is 144 Å². The molecule has 1 aliphatic heterocycles. The van der Waals surface area contributed by atoms with Crippen molar-refractivity contribution in [3.63, 3.8) is 0 Å². The summed E-state index contributed by atoms with van der Waals surface area (Å²) in [5, 5.41) is 5.85. The molecule has 2 heterocycles. The molecule has 4 rings (SSSR count). The van der Waals surface area contributed by atoms with Gasteiger partial charge in [0.15, 0.2) is 0 Å². The minimum atomic E-state index is -0.112. The van der Waals surface area contributed by atoms with E-state index >= 15 is 0 Å². The minimum Gasteiger partial charge on any atom is -0.486 e. The van der Waals surface area contributed by atoms with Crippen molar-refractivity contribution in [2.24, 2.45) is 0 Å². The van der Waals surface area contributed by atoms with Crippen LogP contribution >= 0.6 is 11.3 Å². The molecule has 4 nitrogen and oxygen atoms in total. The number of rotatable bonds is 4. The second-order valence-corrected chi connectivity index (χ2v) is 6.68. The standard InChI is InChI=1S/C19H16N2O2S/c1-12-15-9-13(7-8-16(15)21-19(12)22)17-11-24-18(20-17)10-23-14-5-3-2-4-6-14/h2-9,11-12H,10H2,1H3,(H,21,22)/t12-/m0/s1. The summed E-state index contributed by atoms with van der Waals surface area (Å²) < 4.78 is 5.74. The first-order valence-corrected chi connectivity index (χ1v) is 8.66. The maximum absolute atomic E-state index is 11.8. The Morgan fingerprint density at radius 2 is 2.04 bits per heavy atom. The quantitative estimate of drug-likeness (QED) is 0.766. The zero-order valence-corrected chi connectivity index (χ0v) is 14.0. The highest BCUT2D eigenvalue weighted by Gasteiger charge is 2.26. The summed E-state index contributed by atoms with van der Waals surface area (Å²) in [6, 6.07) is 15.7. The van der Waals surface area contributed by atoms with Gasteiger partial charge in [-0.15, -0.1) is 11.3 Å². The minimum absolute atomic E-state index is 0.0531. The van der Waals surface area contributed by atoms with E-state index in [0.717, 1.165) is 33.3 Å². The molecule has 120 valence electrons. The number of hydrogen-bond donors (Lipinski definition) is 1. The molecular formula is C19H16N2O2S. The summed E-state index contributed by atoms with van der Waals surface area (Å²) in [6.45, 7) is 2.38. The Balaban J connectivity index is 1.52. The van der Waals surface area contributed by atoms with Crippen molar-refractivity contribution in [1.82, 2.24) is 4.98 Å².